The van der Waals surface area contributed by atoms with Gasteiger partial charge in [0.25, 0.3) is 0 Å². The molecule has 2 rings (SSSR count). The zero-order valence-corrected chi connectivity index (χ0v) is 13.0. The number of rotatable bonds is 4. The van der Waals surface area contributed by atoms with Crippen molar-refractivity contribution >= 4 is 31.9 Å². The fraction of sp³-hybridized carbons (Fsp3) is 0.143. The first-order valence-electron chi connectivity index (χ1n) is 5.40. The zero-order valence-electron chi connectivity index (χ0n) is 9.82. The average molecular weight is 372 g/mol. The summed E-state index contributed by atoms with van der Waals surface area (Å²) in [5.41, 5.74) is 1.13. The monoisotopic (exact) mass is 370 g/mol. The second-order valence-corrected chi connectivity index (χ2v) is 5.48. The molecule has 0 unspecified atom stereocenters. The summed E-state index contributed by atoms with van der Waals surface area (Å²) < 4.78 is 12.9. The summed E-state index contributed by atoms with van der Waals surface area (Å²) in [5, 5.41) is 0. The van der Waals surface area contributed by atoms with Crippen LogP contribution in [0.3, 0.4) is 0 Å². The Morgan fingerprint density at radius 2 is 1.72 bits per heavy atom. The molecule has 4 heteroatoms. The summed E-state index contributed by atoms with van der Waals surface area (Å²) in [6.45, 7) is 0.540. The van der Waals surface area contributed by atoms with Gasteiger partial charge in [-0.25, -0.2) is 0 Å². The Morgan fingerprint density at radius 3 is 2.39 bits per heavy atom. The van der Waals surface area contributed by atoms with Crippen molar-refractivity contribution in [1.82, 2.24) is 0 Å². The first-order chi connectivity index (χ1) is 8.69. The first-order valence-corrected chi connectivity index (χ1v) is 6.98. The molecule has 2 nitrogen and oxygen atoms in total. The highest BCUT2D eigenvalue weighted by Crippen LogP contribution is 2.29. The summed E-state index contributed by atoms with van der Waals surface area (Å²) in [7, 11) is 1.64. The molecule has 0 aliphatic carbocycles. The van der Waals surface area contributed by atoms with Crippen LogP contribution in [0.2, 0.25) is 0 Å². The second-order valence-electron chi connectivity index (χ2n) is 3.71. The lowest BCUT2D eigenvalue weighted by Gasteiger charge is -2.09. The molecule has 0 atom stereocenters. The maximum atomic E-state index is 5.71. The van der Waals surface area contributed by atoms with Crippen LogP contribution in [-0.2, 0) is 6.61 Å². The van der Waals surface area contributed by atoms with Gasteiger partial charge in [-0.2, -0.15) is 0 Å². The Labute approximate surface area is 123 Å². The van der Waals surface area contributed by atoms with E-state index < -0.39 is 0 Å². The molecule has 0 radical (unpaired) electrons. The third-order valence-corrected chi connectivity index (χ3v) is 3.63. The highest BCUT2D eigenvalue weighted by Gasteiger charge is 2.02. The van der Waals surface area contributed by atoms with E-state index in [0.717, 1.165) is 26.0 Å². The Balaban J connectivity index is 2.04. The van der Waals surface area contributed by atoms with Gasteiger partial charge in [0.1, 0.15) is 18.1 Å². The van der Waals surface area contributed by atoms with Gasteiger partial charge in [0.15, 0.2) is 0 Å². The zero-order chi connectivity index (χ0) is 13.0. The predicted octanol–water partition coefficient (Wildman–Crippen LogP) is 4.80. The van der Waals surface area contributed by atoms with Crippen molar-refractivity contribution in [1.29, 1.82) is 0 Å². The maximum Gasteiger partial charge on any atom is 0.136 e. The molecule has 0 aliphatic heterocycles. The Bertz CT molecular complexity index is 524. The van der Waals surface area contributed by atoms with Crippen LogP contribution in [-0.4, -0.2) is 7.11 Å². The van der Waals surface area contributed by atoms with Gasteiger partial charge in [0, 0.05) is 10.5 Å². The van der Waals surface area contributed by atoms with Gasteiger partial charge in [0.2, 0.25) is 0 Å². The smallest absolute Gasteiger partial charge is 0.136 e. The number of hydrogen-bond donors (Lipinski definition) is 0. The SMILES string of the molecule is COc1cc(OCc2ccc(Br)cc2)ccc1Br. The van der Waals surface area contributed by atoms with Crippen molar-refractivity contribution in [2.75, 3.05) is 7.11 Å². The molecular weight excluding hydrogens is 360 g/mol. The molecule has 2 aromatic carbocycles. The fourth-order valence-electron chi connectivity index (χ4n) is 1.48. The standard InChI is InChI=1S/C14H12Br2O2/c1-17-14-8-12(6-7-13(14)16)18-9-10-2-4-11(15)5-3-10/h2-8H,9H2,1H3. The van der Waals surface area contributed by atoms with Gasteiger partial charge in [-0.1, -0.05) is 28.1 Å². The Hall–Kier alpha value is -1.00. The number of ether oxygens (including phenoxy) is 2. The van der Waals surface area contributed by atoms with Crippen LogP contribution in [0.5, 0.6) is 11.5 Å². The van der Waals surface area contributed by atoms with Gasteiger partial charge in [0.05, 0.1) is 11.6 Å². The average Bonchev–Trinajstić information content (AvgIpc) is 2.39. The summed E-state index contributed by atoms with van der Waals surface area (Å²) in [6, 6.07) is 13.7. The highest BCUT2D eigenvalue weighted by atomic mass is 79.9. The van der Waals surface area contributed by atoms with Crippen LogP contribution < -0.4 is 9.47 Å². The minimum absolute atomic E-state index is 0.540. The highest BCUT2D eigenvalue weighted by molar-refractivity contribution is 9.10. The molecule has 94 valence electrons. The van der Waals surface area contributed by atoms with E-state index in [1.807, 2.05) is 42.5 Å². The van der Waals surface area contributed by atoms with Crippen LogP contribution >= 0.6 is 31.9 Å². The lowest BCUT2D eigenvalue weighted by Crippen LogP contribution is -1.95. The summed E-state index contributed by atoms with van der Waals surface area (Å²) in [5.74, 6) is 1.56. The van der Waals surface area contributed by atoms with Gasteiger partial charge < -0.3 is 9.47 Å². The van der Waals surface area contributed by atoms with E-state index in [1.54, 1.807) is 7.11 Å². The summed E-state index contributed by atoms with van der Waals surface area (Å²) in [4.78, 5) is 0. The summed E-state index contributed by atoms with van der Waals surface area (Å²) >= 11 is 6.81. The topological polar surface area (TPSA) is 18.5 Å². The van der Waals surface area contributed by atoms with Crippen LogP contribution in [0.1, 0.15) is 5.56 Å². The van der Waals surface area contributed by atoms with Gasteiger partial charge >= 0.3 is 0 Å². The molecule has 0 spiro atoms. The molecule has 0 aliphatic rings. The van der Waals surface area contributed by atoms with Crippen LogP contribution in [0.15, 0.2) is 51.4 Å². The molecule has 0 aromatic heterocycles. The van der Waals surface area contributed by atoms with Crippen LogP contribution in [0, 0.1) is 0 Å². The fourth-order valence-corrected chi connectivity index (χ4v) is 2.15. The van der Waals surface area contributed by atoms with Gasteiger partial charge in [-0.15, -0.1) is 0 Å². The summed E-state index contributed by atoms with van der Waals surface area (Å²) in [6.07, 6.45) is 0. The molecule has 0 heterocycles. The molecule has 0 fully saturated rings. The number of methoxy groups -OCH3 is 1. The molecule has 0 amide bonds. The lowest BCUT2D eigenvalue weighted by molar-refractivity contribution is 0.303. The van der Waals surface area contributed by atoms with E-state index in [0.29, 0.717) is 6.61 Å². The van der Waals surface area contributed by atoms with Crippen molar-refractivity contribution in [2.24, 2.45) is 0 Å². The minimum atomic E-state index is 0.540. The van der Waals surface area contributed by atoms with Crippen molar-refractivity contribution in [3.8, 4) is 11.5 Å². The Kier molecular flexibility index (Phi) is 4.66. The number of hydrogen-bond acceptors (Lipinski definition) is 2. The van der Waals surface area contributed by atoms with Crippen LogP contribution in [0.4, 0.5) is 0 Å². The van der Waals surface area contributed by atoms with Gasteiger partial charge in [-0.3, -0.25) is 0 Å². The lowest BCUT2D eigenvalue weighted by atomic mass is 10.2. The molecule has 0 saturated carbocycles. The first kappa shape index (κ1) is 13.4. The van der Waals surface area contributed by atoms with E-state index in [-0.39, 0.29) is 0 Å². The van der Waals surface area contributed by atoms with Crippen molar-refractivity contribution in [3.63, 3.8) is 0 Å². The number of halogens is 2. The number of benzene rings is 2. The van der Waals surface area contributed by atoms with Gasteiger partial charge in [-0.05, 0) is 45.8 Å². The largest absolute Gasteiger partial charge is 0.495 e. The quantitative estimate of drug-likeness (QED) is 0.768. The Morgan fingerprint density at radius 1 is 1.00 bits per heavy atom. The van der Waals surface area contributed by atoms with Crippen molar-refractivity contribution < 1.29 is 9.47 Å². The molecule has 18 heavy (non-hydrogen) atoms. The molecule has 2 aromatic rings. The minimum Gasteiger partial charge on any atom is -0.495 e. The third kappa shape index (κ3) is 3.50. The van der Waals surface area contributed by atoms with Crippen molar-refractivity contribution in [2.45, 2.75) is 6.61 Å². The second kappa shape index (κ2) is 6.25. The maximum absolute atomic E-state index is 5.71. The van der Waals surface area contributed by atoms with E-state index in [4.69, 9.17) is 9.47 Å². The van der Waals surface area contributed by atoms with Crippen molar-refractivity contribution in [3.05, 3.63) is 57.0 Å². The normalized spacial score (nSPS) is 10.2. The van der Waals surface area contributed by atoms with E-state index >= 15 is 0 Å². The van der Waals surface area contributed by atoms with Crippen LogP contribution in [0.25, 0.3) is 0 Å². The molecule has 0 N–H and O–H groups in total. The molecule has 0 bridgehead atoms. The predicted molar refractivity (Wildman–Crippen MR) is 79.2 cm³/mol. The van der Waals surface area contributed by atoms with E-state index in [9.17, 15) is 0 Å². The third-order valence-electron chi connectivity index (χ3n) is 2.44. The van der Waals surface area contributed by atoms with E-state index in [1.165, 1.54) is 0 Å². The molecule has 0 saturated heterocycles. The molecular formula is C14H12Br2O2. The van der Waals surface area contributed by atoms with E-state index in [2.05, 4.69) is 31.9 Å².